The normalized spacial score (nSPS) is 15.5. The maximum Gasteiger partial charge on any atom is 0.326 e. The van der Waals surface area contributed by atoms with E-state index in [9.17, 15) is 9.59 Å². The van der Waals surface area contributed by atoms with Crippen LogP contribution in [0.4, 0.5) is 0 Å². The molecule has 1 heterocycles. The standard InChI is InChI=1S/C18H21NO6S2/c1-10(2)25-15(20)9-19-17(21)14(27-18(19)26)8-11-6-12(22-3)16(24-5)13(7-11)23-4/h6-8,10H,9H2,1-5H3/b14-8+. The molecule has 1 aromatic rings. The van der Waals surface area contributed by atoms with Crippen molar-refractivity contribution in [1.29, 1.82) is 0 Å². The van der Waals surface area contributed by atoms with Crippen LogP contribution in [0.3, 0.4) is 0 Å². The zero-order valence-corrected chi connectivity index (χ0v) is 17.4. The molecule has 1 fully saturated rings. The minimum atomic E-state index is -0.504. The maximum atomic E-state index is 12.6. The monoisotopic (exact) mass is 411 g/mol. The van der Waals surface area contributed by atoms with Crippen LogP contribution in [0, 0.1) is 0 Å². The molecule has 1 aromatic carbocycles. The molecular formula is C18H21NO6S2. The third kappa shape index (κ3) is 4.92. The molecule has 1 saturated heterocycles. The largest absolute Gasteiger partial charge is 0.493 e. The lowest BCUT2D eigenvalue weighted by Gasteiger charge is -2.15. The summed E-state index contributed by atoms with van der Waals surface area (Å²) in [6.07, 6.45) is 1.41. The topological polar surface area (TPSA) is 74.3 Å². The summed E-state index contributed by atoms with van der Waals surface area (Å²) in [6.45, 7) is 3.27. The number of carbonyl (C=O) groups excluding carboxylic acids is 2. The fourth-order valence-electron chi connectivity index (χ4n) is 2.40. The van der Waals surface area contributed by atoms with Gasteiger partial charge in [-0.05, 0) is 37.6 Å². The molecule has 1 aliphatic heterocycles. The summed E-state index contributed by atoms with van der Waals surface area (Å²) in [4.78, 5) is 26.1. The van der Waals surface area contributed by atoms with Crippen LogP contribution >= 0.6 is 24.0 Å². The van der Waals surface area contributed by atoms with Crippen molar-refractivity contribution >= 4 is 46.3 Å². The second kappa shape index (κ2) is 9.09. The van der Waals surface area contributed by atoms with Gasteiger partial charge >= 0.3 is 5.97 Å². The zero-order valence-electron chi connectivity index (χ0n) is 15.7. The van der Waals surface area contributed by atoms with Gasteiger partial charge in [0.25, 0.3) is 5.91 Å². The van der Waals surface area contributed by atoms with Gasteiger partial charge < -0.3 is 18.9 Å². The highest BCUT2D eigenvalue weighted by Crippen LogP contribution is 2.40. The highest BCUT2D eigenvalue weighted by atomic mass is 32.2. The lowest BCUT2D eigenvalue weighted by Crippen LogP contribution is -2.35. The Morgan fingerprint density at radius 2 is 1.78 bits per heavy atom. The van der Waals surface area contributed by atoms with Crippen molar-refractivity contribution in [2.75, 3.05) is 27.9 Å². The fraction of sp³-hybridized carbons (Fsp3) is 0.389. The molecule has 0 spiro atoms. The molecule has 0 unspecified atom stereocenters. The summed E-state index contributed by atoms with van der Waals surface area (Å²) in [6, 6.07) is 3.45. The molecule has 1 amide bonds. The van der Waals surface area contributed by atoms with E-state index in [0.717, 1.165) is 11.8 Å². The van der Waals surface area contributed by atoms with Gasteiger partial charge in [-0.2, -0.15) is 0 Å². The van der Waals surface area contributed by atoms with Gasteiger partial charge in [0.15, 0.2) is 11.5 Å². The Bertz CT molecular complexity index is 765. The van der Waals surface area contributed by atoms with Gasteiger partial charge in [-0.3, -0.25) is 14.5 Å². The lowest BCUT2D eigenvalue weighted by molar-refractivity contribution is -0.149. The molecule has 0 atom stereocenters. The highest BCUT2D eigenvalue weighted by molar-refractivity contribution is 8.26. The number of rotatable bonds is 7. The van der Waals surface area contributed by atoms with Crippen molar-refractivity contribution in [2.45, 2.75) is 20.0 Å². The van der Waals surface area contributed by atoms with E-state index in [2.05, 4.69) is 0 Å². The zero-order chi connectivity index (χ0) is 20.1. The van der Waals surface area contributed by atoms with Crippen molar-refractivity contribution in [3.63, 3.8) is 0 Å². The molecule has 0 aromatic heterocycles. The predicted octanol–water partition coefficient (Wildman–Crippen LogP) is 2.87. The number of amides is 1. The molecule has 0 saturated carbocycles. The number of thioether (sulfide) groups is 1. The van der Waals surface area contributed by atoms with Gasteiger partial charge in [0.1, 0.15) is 10.9 Å². The predicted molar refractivity (Wildman–Crippen MR) is 107 cm³/mol. The molecule has 0 aliphatic carbocycles. The average molecular weight is 412 g/mol. The summed E-state index contributed by atoms with van der Waals surface area (Å²) in [7, 11) is 4.54. The number of nitrogens with zero attached hydrogens (tertiary/aromatic N) is 1. The Balaban J connectivity index is 2.28. The smallest absolute Gasteiger partial charge is 0.326 e. The van der Waals surface area contributed by atoms with Gasteiger partial charge in [0.05, 0.1) is 32.3 Å². The van der Waals surface area contributed by atoms with Gasteiger partial charge in [-0.15, -0.1) is 0 Å². The van der Waals surface area contributed by atoms with Crippen molar-refractivity contribution in [2.24, 2.45) is 0 Å². The van der Waals surface area contributed by atoms with Crippen LogP contribution in [0.25, 0.3) is 6.08 Å². The van der Waals surface area contributed by atoms with Gasteiger partial charge in [-0.25, -0.2) is 0 Å². The summed E-state index contributed by atoms with van der Waals surface area (Å²) < 4.78 is 21.3. The Labute approximate surface area is 167 Å². The molecule has 0 N–H and O–H groups in total. The summed E-state index contributed by atoms with van der Waals surface area (Å²) in [5.41, 5.74) is 0.676. The molecule has 27 heavy (non-hydrogen) atoms. The van der Waals surface area contributed by atoms with Crippen molar-refractivity contribution in [1.82, 2.24) is 4.90 Å². The molecule has 0 bridgehead atoms. The van der Waals surface area contributed by atoms with E-state index in [-0.39, 0.29) is 18.6 Å². The number of carbonyl (C=O) groups is 2. The molecule has 1 aliphatic rings. The fourth-order valence-corrected chi connectivity index (χ4v) is 3.66. The van der Waals surface area contributed by atoms with E-state index in [1.807, 2.05) is 0 Å². The Kier molecular flexibility index (Phi) is 7.09. The molecule has 146 valence electrons. The van der Waals surface area contributed by atoms with E-state index in [0.29, 0.717) is 32.0 Å². The number of ether oxygens (including phenoxy) is 4. The molecular weight excluding hydrogens is 390 g/mol. The number of benzene rings is 1. The maximum absolute atomic E-state index is 12.6. The molecule has 2 rings (SSSR count). The first-order valence-corrected chi connectivity index (χ1v) is 9.28. The average Bonchev–Trinajstić information content (AvgIpc) is 2.87. The first-order valence-electron chi connectivity index (χ1n) is 8.05. The van der Waals surface area contributed by atoms with Crippen LogP contribution < -0.4 is 14.2 Å². The summed E-state index contributed by atoms with van der Waals surface area (Å²) in [5.74, 6) is 0.550. The Morgan fingerprint density at radius 3 is 2.26 bits per heavy atom. The quantitative estimate of drug-likeness (QED) is 0.385. The van der Waals surface area contributed by atoms with E-state index < -0.39 is 5.97 Å². The van der Waals surface area contributed by atoms with Gasteiger partial charge in [-0.1, -0.05) is 24.0 Å². The Hall–Kier alpha value is -2.26. The molecule has 0 radical (unpaired) electrons. The minimum absolute atomic E-state index is 0.213. The number of hydrogen-bond acceptors (Lipinski definition) is 8. The number of esters is 1. The molecule has 9 heteroatoms. The van der Waals surface area contributed by atoms with Crippen LogP contribution in [0.2, 0.25) is 0 Å². The van der Waals surface area contributed by atoms with Crippen LogP contribution in [0.1, 0.15) is 19.4 Å². The second-order valence-electron chi connectivity index (χ2n) is 5.77. The van der Waals surface area contributed by atoms with Crippen LogP contribution in [0.5, 0.6) is 17.2 Å². The van der Waals surface area contributed by atoms with Crippen LogP contribution in [0.15, 0.2) is 17.0 Å². The van der Waals surface area contributed by atoms with E-state index in [1.54, 1.807) is 32.1 Å². The van der Waals surface area contributed by atoms with E-state index in [1.165, 1.54) is 26.2 Å². The third-order valence-corrected chi connectivity index (χ3v) is 4.89. The number of hydrogen-bond donors (Lipinski definition) is 0. The van der Waals surface area contributed by atoms with E-state index >= 15 is 0 Å². The minimum Gasteiger partial charge on any atom is -0.493 e. The summed E-state index contributed by atoms with van der Waals surface area (Å²) >= 11 is 6.35. The first-order chi connectivity index (χ1) is 12.8. The number of thiocarbonyl (C=S) groups is 1. The lowest BCUT2D eigenvalue weighted by atomic mass is 10.1. The third-order valence-electron chi connectivity index (χ3n) is 3.51. The van der Waals surface area contributed by atoms with Crippen molar-refractivity contribution < 1.29 is 28.5 Å². The SMILES string of the molecule is COc1cc(/C=C2/SC(=S)N(CC(=O)OC(C)C)C2=O)cc(OC)c1OC. The van der Waals surface area contributed by atoms with E-state index in [4.69, 9.17) is 31.2 Å². The molecule has 7 nitrogen and oxygen atoms in total. The Morgan fingerprint density at radius 1 is 1.19 bits per heavy atom. The van der Waals surface area contributed by atoms with Crippen LogP contribution in [-0.2, 0) is 14.3 Å². The number of methoxy groups -OCH3 is 3. The highest BCUT2D eigenvalue weighted by Gasteiger charge is 2.34. The first kappa shape index (κ1) is 21.0. The van der Waals surface area contributed by atoms with Crippen molar-refractivity contribution in [3.05, 3.63) is 22.6 Å². The second-order valence-corrected chi connectivity index (χ2v) is 7.44. The van der Waals surface area contributed by atoms with Gasteiger partial charge in [0, 0.05) is 0 Å². The summed E-state index contributed by atoms with van der Waals surface area (Å²) in [5, 5.41) is 0. The van der Waals surface area contributed by atoms with Gasteiger partial charge in [0.2, 0.25) is 5.75 Å². The van der Waals surface area contributed by atoms with Crippen molar-refractivity contribution in [3.8, 4) is 17.2 Å². The van der Waals surface area contributed by atoms with Crippen LogP contribution in [-0.4, -0.2) is 55.1 Å².